The number of sulfone groups is 1. The molecule has 0 saturated carbocycles. The third kappa shape index (κ3) is 4.28. The van der Waals surface area contributed by atoms with Crippen LogP contribution in [0.3, 0.4) is 0 Å². The van der Waals surface area contributed by atoms with Crippen LogP contribution in [0.25, 0.3) is 11.1 Å². The summed E-state index contributed by atoms with van der Waals surface area (Å²) in [7, 11) is -3.30. The summed E-state index contributed by atoms with van der Waals surface area (Å²) in [6.45, 7) is 1.59. The second-order valence-corrected chi connectivity index (χ2v) is 9.39. The minimum atomic E-state index is -3.30. The SMILES string of the molecule is CCS(=O)(=O)c1ccc2oc(SCC(=O)Nc3ccccc3Br)nc2c1. The van der Waals surface area contributed by atoms with E-state index in [9.17, 15) is 13.2 Å². The van der Waals surface area contributed by atoms with E-state index in [1.165, 1.54) is 12.1 Å². The lowest BCUT2D eigenvalue weighted by molar-refractivity contribution is -0.113. The molecule has 0 saturated heterocycles. The second kappa shape index (κ2) is 7.81. The Morgan fingerprint density at radius 1 is 1.27 bits per heavy atom. The van der Waals surface area contributed by atoms with Gasteiger partial charge in [-0.3, -0.25) is 4.79 Å². The van der Waals surface area contributed by atoms with Gasteiger partial charge in [-0.2, -0.15) is 0 Å². The molecule has 1 aromatic heterocycles. The van der Waals surface area contributed by atoms with E-state index in [1.807, 2.05) is 18.2 Å². The average molecular weight is 455 g/mol. The maximum absolute atomic E-state index is 12.1. The molecule has 3 aromatic rings. The molecule has 136 valence electrons. The molecule has 0 radical (unpaired) electrons. The first-order valence-corrected chi connectivity index (χ1v) is 11.1. The molecule has 0 unspecified atom stereocenters. The first kappa shape index (κ1) is 18.9. The van der Waals surface area contributed by atoms with E-state index < -0.39 is 9.84 Å². The predicted octanol–water partition coefficient (Wildman–Crippen LogP) is 4.11. The van der Waals surface area contributed by atoms with E-state index in [4.69, 9.17) is 4.42 Å². The van der Waals surface area contributed by atoms with Crippen molar-refractivity contribution in [1.29, 1.82) is 0 Å². The number of amides is 1. The van der Waals surface area contributed by atoms with Gasteiger partial charge in [0.15, 0.2) is 15.4 Å². The number of nitrogens with zero attached hydrogens (tertiary/aromatic N) is 1. The molecule has 1 N–H and O–H groups in total. The number of thioether (sulfide) groups is 1. The van der Waals surface area contributed by atoms with Crippen molar-refractivity contribution >= 4 is 60.2 Å². The Labute approximate surface area is 163 Å². The van der Waals surface area contributed by atoms with Gasteiger partial charge in [0, 0.05) is 4.47 Å². The number of para-hydroxylation sites is 1. The van der Waals surface area contributed by atoms with Crippen LogP contribution in [-0.2, 0) is 14.6 Å². The minimum absolute atomic E-state index is 0.0210. The zero-order chi connectivity index (χ0) is 18.7. The fraction of sp³-hybridized carbons (Fsp3) is 0.176. The van der Waals surface area contributed by atoms with E-state index in [0.29, 0.717) is 22.0 Å². The van der Waals surface area contributed by atoms with Crippen molar-refractivity contribution in [3.05, 3.63) is 46.9 Å². The molecule has 0 fully saturated rings. The van der Waals surface area contributed by atoms with Crippen molar-refractivity contribution in [2.24, 2.45) is 0 Å². The van der Waals surface area contributed by atoms with Crippen LogP contribution in [0.2, 0.25) is 0 Å². The van der Waals surface area contributed by atoms with E-state index >= 15 is 0 Å². The lowest BCUT2D eigenvalue weighted by Crippen LogP contribution is -2.14. The number of nitrogens with one attached hydrogen (secondary N) is 1. The Bertz CT molecular complexity index is 1060. The van der Waals surface area contributed by atoms with Gasteiger partial charge in [0.1, 0.15) is 5.52 Å². The summed E-state index contributed by atoms with van der Waals surface area (Å²) < 4.78 is 30.3. The first-order chi connectivity index (χ1) is 12.4. The number of benzene rings is 2. The van der Waals surface area contributed by atoms with Crippen LogP contribution < -0.4 is 5.32 Å². The number of aromatic nitrogens is 1. The molecule has 2 aromatic carbocycles. The normalized spacial score (nSPS) is 11.6. The van der Waals surface area contributed by atoms with Crippen LogP contribution in [0.15, 0.2) is 61.5 Å². The summed E-state index contributed by atoms with van der Waals surface area (Å²) in [6, 6.07) is 11.9. The Balaban J connectivity index is 1.69. The van der Waals surface area contributed by atoms with Gasteiger partial charge in [0.25, 0.3) is 5.22 Å². The highest BCUT2D eigenvalue weighted by molar-refractivity contribution is 9.10. The van der Waals surface area contributed by atoms with Crippen LogP contribution in [-0.4, -0.2) is 30.8 Å². The molecule has 3 rings (SSSR count). The summed E-state index contributed by atoms with van der Waals surface area (Å²) >= 11 is 4.52. The van der Waals surface area contributed by atoms with Crippen molar-refractivity contribution in [3.8, 4) is 0 Å². The van der Waals surface area contributed by atoms with Crippen LogP contribution in [0.1, 0.15) is 6.92 Å². The summed E-state index contributed by atoms with van der Waals surface area (Å²) in [5, 5.41) is 3.11. The molecule has 0 aliphatic rings. The van der Waals surface area contributed by atoms with Crippen molar-refractivity contribution in [2.75, 3.05) is 16.8 Å². The van der Waals surface area contributed by atoms with Crippen molar-refractivity contribution < 1.29 is 17.6 Å². The summed E-state index contributed by atoms with van der Waals surface area (Å²) in [5.41, 5.74) is 1.62. The van der Waals surface area contributed by atoms with Crippen LogP contribution in [0.5, 0.6) is 0 Å². The largest absolute Gasteiger partial charge is 0.431 e. The second-order valence-electron chi connectivity index (χ2n) is 5.33. The van der Waals surface area contributed by atoms with Gasteiger partial charge in [0.2, 0.25) is 5.91 Å². The number of hydrogen-bond donors (Lipinski definition) is 1. The standard InChI is InChI=1S/C17H15BrN2O4S2/c1-2-26(22,23)11-7-8-15-14(9-11)20-17(24-15)25-10-16(21)19-13-6-4-3-5-12(13)18/h3-9H,2,10H2,1H3,(H,19,21). The predicted molar refractivity (Wildman–Crippen MR) is 105 cm³/mol. The van der Waals surface area contributed by atoms with Crippen molar-refractivity contribution in [2.45, 2.75) is 17.0 Å². The molecule has 0 aliphatic carbocycles. The van der Waals surface area contributed by atoms with Gasteiger partial charge >= 0.3 is 0 Å². The quantitative estimate of drug-likeness (QED) is 0.563. The molecule has 0 spiro atoms. The molecule has 0 atom stereocenters. The summed E-state index contributed by atoms with van der Waals surface area (Å²) in [5.74, 6) is -0.0556. The fourth-order valence-corrected chi connectivity index (χ4v) is 4.11. The number of hydrogen-bond acceptors (Lipinski definition) is 6. The Kier molecular flexibility index (Phi) is 5.69. The topological polar surface area (TPSA) is 89.3 Å². The molecule has 1 amide bonds. The number of fused-ring (bicyclic) bond motifs is 1. The van der Waals surface area contributed by atoms with Gasteiger partial charge in [-0.1, -0.05) is 30.8 Å². The van der Waals surface area contributed by atoms with Crippen LogP contribution >= 0.6 is 27.7 Å². The van der Waals surface area contributed by atoms with Gasteiger partial charge in [0.05, 0.1) is 22.1 Å². The number of carbonyl (C=O) groups excluding carboxylic acids is 1. The number of halogens is 1. The molecule has 6 nitrogen and oxygen atoms in total. The van der Waals surface area contributed by atoms with Gasteiger partial charge in [-0.25, -0.2) is 13.4 Å². The van der Waals surface area contributed by atoms with Crippen molar-refractivity contribution in [1.82, 2.24) is 4.98 Å². The zero-order valence-electron chi connectivity index (χ0n) is 13.7. The lowest BCUT2D eigenvalue weighted by atomic mass is 10.3. The van der Waals surface area contributed by atoms with E-state index in [1.54, 1.807) is 19.1 Å². The highest BCUT2D eigenvalue weighted by Gasteiger charge is 2.15. The van der Waals surface area contributed by atoms with Crippen molar-refractivity contribution in [3.63, 3.8) is 0 Å². The maximum atomic E-state index is 12.1. The molecular formula is C17H15BrN2O4S2. The Morgan fingerprint density at radius 3 is 2.77 bits per heavy atom. The third-order valence-electron chi connectivity index (χ3n) is 3.55. The average Bonchev–Trinajstić information content (AvgIpc) is 3.04. The van der Waals surface area contributed by atoms with E-state index in [2.05, 4.69) is 26.2 Å². The molecule has 26 heavy (non-hydrogen) atoms. The van der Waals surface area contributed by atoms with E-state index in [0.717, 1.165) is 16.2 Å². The van der Waals surface area contributed by atoms with Crippen LogP contribution in [0.4, 0.5) is 5.69 Å². The van der Waals surface area contributed by atoms with E-state index in [-0.39, 0.29) is 22.3 Å². The smallest absolute Gasteiger partial charge is 0.257 e. The van der Waals surface area contributed by atoms with Crippen LogP contribution in [0, 0.1) is 0 Å². The number of oxazole rings is 1. The Morgan fingerprint density at radius 2 is 2.04 bits per heavy atom. The number of anilines is 1. The van der Waals surface area contributed by atoms with Gasteiger partial charge < -0.3 is 9.73 Å². The molecule has 9 heteroatoms. The zero-order valence-corrected chi connectivity index (χ0v) is 16.9. The number of carbonyl (C=O) groups is 1. The highest BCUT2D eigenvalue weighted by atomic mass is 79.9. The fourth-order valence-electron chi connectivity index (χ4n) is 2.18. The maximum Gasteiger partial charge on any atom is 0.257 e. The molecule has 0 bridgehead atoms. The number of rotatable bonds is 6. The molecule has 1 heterocycles. The summed E-state index contributed by atoms with van der Waals surface area (Å²) in [6.07, 6.45) is 0. The first-order valence-electron chi connectivity index (χ1n) is 7.69. The van der Waals surface area contributed by atoms with Gasteiger partial charge in [-0.15, -0.1) is 0 Å². The lowest BCUT2D eigenvalue weighted by Gasteiger charge is -2.05. The monoisotopic (exact) mass is 454 g/mol. The Hall–Kier alpha value is -1.84. The third-order valence-corrected chi connectivity index (χ3v) is 6.81. The van der Waals surface area contributed by atoms with Gasteiger partial charge in [-0.05, 0) is 46.3 Å². The molecule has 0 aliphatic heterocycles. The molecular weight excluding hydrogens is 440 g/mol. The minimum Gasteiger partial charge on any atom is -0.431 e. The summed E-state index contributed by atoms with van der Waals surface area (Å²) in [4.78, 5) is 16.5. The highest BCUT2D eigenvalue weighted by Crippen LogP contribution is 2.26.